The summed E-state index contributed by atoms with van der Waals surface area (Å²) in [6.07, 6.45) is 0.737. The Balaban J connectivity index is 2.34. The molecule has 0 aromatic rings. The van der Waals surface area contributed by atoms with Gasteiger partial charge in [0.2, 0.25) is 0 Å². The molecule has 0 unspecified atom stereocenters. The topological polar surface area (TPSA) is 49.5 Å². The highest BCUT2D eigenvalue weighted by atomic mass is 19.1. The summed E-state index contributed by atoms with van der Waals surface area (Å²) in [5.74, 6) is 5.54. The normalized spacial score (nSPS) is 34.1. The average molecular weight is 162 g/mol. The molecule has 0 spiro atoms. The molecule has 0 aromatic heterocycles. The molecule has 66 valence electrons. The predicted molar refractivity (Wildman–Crippen MR) is 40.5 cm³/mol. The molecule has 4 heteroatoms. The maximum absolute atomic E-state index is 11.9. The van der Waals surface area contributed by atoms with Crippen LogP contribution in [0.25, 0.3) is 0 Å². The van der Waals surface area contributed by atoms with Gasteiger partial charge in [0.1, 0.15) is 0 Å². The lowest BCUT2D eigenvalue weighted by Crippen LogP contribution is -2.46. The molecule has 1 aliphatic rings. The van der Waals surface area contributed by atoms with Crippen LogP contribution in [0.15, 0.2) is 0 Å². The molecule has 0 bridgehead atoms. The van der Waals surface area contributed by atoms with E-state index < -0.39 is 0 Å². The first kappa shape index (κ1) is 8.90. The standard InChI is InChI=1S/C7H15FN2O/c8-3-1-6-5-10(9)4-2-7(6)11/h6-7,11H,1-5,9H2/t6-,7+/m0/s1. The highest BCUT2D eigenvalue weighted by Crippen LogP contribution is 2.18. The third kappa shape index (κ3) is 2.39. The molecule has 1 saturated heterocycles. The van der Waals surface area contributed by atoms with Crippen molar-refractivity contribution in [1.29, 1.82) is 0 Å². The van der Waals surface area contributed by atoms with Crippen molar-refractivity contribution < 1.29 is 9.50 Å². The zero-order valence-electron chi connectivity index (χ0n) is 6.54. The van der Waals surface area contributed by atoms with E-state index in [-0.39, 0.29) is 18.7 Å². The van der Waals surface area contributed by atoms with Gasteiger partial charge >= 0.3 is 0 Å². The van der Waals surface area contributed by atoms with Gasteiger partial charge in [-0.1, -0.05) is 0 Å². The van der Waals surface area contributed by atoms with Crippen molar-refractivity contribution in [3.05, 3.63) is 0 Å². The van der Waals surface area contributed by atoms with Crippen molar-refractivity contribution in [2.45, 2.75) is 18.9 Å². The molecule has 0 saturated carbocycles. The number of piperidine rings is 1. The average Bonchev–Trinajstić information content (AvgIpc) is 1.98. The van der Waals surface area contributed by atoms with Crippen LogP contribution in [0.2, 0.25) is 0 Å². The summed E-state index contributed by atoms with van der Waals surface area (Å²) in [5, 5.41) is 11.0. The van der Waals surface area contributed by atoms with Crippen molar-refractivity contribution >= 4 is 0 Å². The van der Waals surface area contributed by atoms with E-state index in [4.69, 9.17) is 5.84 Å². The van der Waals surface area contributed by atoms with Crippen LogP contribution >= 0.6 is 0 Å². The molecule has 1 heterocycles. The van der Waals surface area contributed by atoms with Crippen LogP contribution in [-0.4, -0.2) is 36.0 Å². The van der Waals surface area contributed by atoms with Gasteiger partial charge in [0.15, 0.2) is 0 Å². The van der Waals surface area contributed by atoms with Gasteiger partial charge in [0.05, 0.1) is 12.8 Å². The molecule has 1 aliphatic heterocycles. The molecule has 0 radical (unpaired) electrons. The van der Waals surface area contributed by atoms with E-state index in [1.807, 2.05) is 0 Å². The zero-order chi connectivity index (χ0) is 8.27. The van der Waals surface area contributed by atoms with Crippen LogP contribution in [0, 0.1) is 5.92 Å². The first-order chi connectivity index (χ1) is 5.24. The lowest BCUT2D eigenvalue weighted by Gasteiger charge is -2.32. The first-order valence-corrected chi connectivity index (χ1v) is 3.97. The number of hydrogen-bond acceptors (Lipinski definition) is 3. The van der Waals surface area contributed by atoms with Crippen LogP contribution < -0.4 is 5.84 Å². The number of aliphatic hydroxyl groups excluding tert-OH is 1. The Hall–Kier alpha value is -0.190. The molecule has 0 amide bonds. The fourth-order valence-electron chi connectivity index (χ4n) is 1.47. The van der Waals surface area contributed by atoms with Crippen LogP contribution in [0.5, 0.6) is 0 Å². The van der Waals surface area contributed by atoms with Gasteiger partial charge in [-0.2, -0.15) is 0 Å². The summed E-state index contributed by atoms with van der Waals surface area (Å²) in [5.41, 5.74) is 0. The van der Waals surface area contributed by atoms with E-state index >= 15 is 0 Å². The quantitative estimate of drug-likeness (QED) is 0.557. The number of rotatable bonds is 2. The third-order valence-electron chi connectivity index (χ3n) is 2.21. The monoisotopic (exact) mass is 162 g/mol. The minimum absolute atomic E-state index is 0.0266. The number of hydrogen-bond donors (Lipinski definition) is 2. The lowest BCUT2D eigenvalue weighted by molar-refractivity contribution is 0.0200. The summed E-state index contributed by atoms with van der Waals surface area (Å²) in [7, 11) is 0. The van der Waals surface area contributed by atoms with Gasteiger partial charge in [0.25, 0.3) is 0 Å². The van der Waals surface area contributed by atoms with Gasteiger partial charge < -0.3 is 5.11 Å². The number of nitrogens with zero attached hydrogens (tertiary/aromatic N) is 1. The second kappa shape index (κ2) is 3.99. The molecule has 1 rings (SSSR count). The Morgan fingerprint density at radius 3 is 3.00 bits per heavy atom. The fourth-order valence-corrected chi connectivity index (χ4v) is 1.47. The summed E-state index contributed by atoms with van der Waals surface area (Å²) in [6.45, 7) is 0.963. The molecule has 3 N–H and O–H groups in total. The first-order valence-electron chi connectivity index (χ1n) is 3.97. The van der Waals surface area contributed by atoms with Crippen molar-refractivity contribution in [3.8, 4) is 0 Å². The SMILES string of the molecule is NN1CC[C@@H](O)[C@@H](CCF)C1. The summed E-state index contributed by atoms with van der Waals surface area (Å²) in [6, 6.07) is 0. The number of alkyl halides is 1. The van der Waals surface area contributed by atoms with Gasteiger partial charge in [0, 0.05) is 19.0 Å². The van der Waals surface area contributed by atoms with Crippen molar-refractivity contribution in [2.75, 3.05) is 19.8 Å². The smallest absolute Gasteiger partial charge is 0.0898 e. The molecule has 0 aromatic carbocycles. The Bertz CT molecular complexity index is 123. The van der Waals surface area contributed by atoms with Crippen LogP contribution in [-0.2, 0) is 0 Å². The number of aliphatic hydroxyl groups is 1. The van der Waals surface area contributed by atoms with Crippen LogP contribution in [0.4, 0.5) is 4.39 Å². The van der Waals surface area contributed by atoms with Gasteiger partial charge in [-0.25, -0.2) is 5.01 Å². The third-order valence-corrected chi connectivity index (χ3v) is 2.21. The second-order valence-electron chi connectivity index (χ2n) is 3.09. The van der Waals surface area contributed by atoms with E-state index in [1.54, 1.807) is 5.01 Å². The predicted octanol–water partition coefficient (Wildman–Crippen LogP) is -0.0975. The highest BCUT2D eigenvalue weighted by molar-refractivity contribution is 4.77. The van der Waals surface area contributed by atoms with Gasteiger partial charge in [-0.15, -0.1) is 0 Å². The van der Waals surface area contributed by atoms with Crippen molar-refractivity contribution in [1.82, 2.24) is 5.01 Å². The van der Waals surface area contributed by atoms with Crippen LogP contribution in [0.1, 0.15) is 12.8 Å². The summed E-state index contributed by atoms with van der Waals surface area (Å²) >= 11 is 0. The summed E-state index contributed by atoms with van der Waals surface area (Å²) in [4.78, 5) is 0. The Kier molecular flexibility index (Phi) is 3.23. The van der Waals surface area contributed by atoms with E-state index in [0.29, 0.717) is 25.9 Å². The Morgan fingerprint density at radius 2 is 2.36 bits per heavy atom. The number of nitrogens with two attached hydrogens (primary N) is 1. The van der Waals surface area contributed by atoms with Crippen LogP contribution in [0.3, 0.4) is 0 Å². The number of hydrazine groups is 1. The second-order valence-corrected chi connectivity index (χ2v) is 3.09. The maximum Gasteiger partial charge on any atom is 0.0898 e. The van der Waals surface area contributed by atoms with Crippen molar-refractivity contribution in [3.63, 3.8) is 0 Å². The van der Waals surface area contributed by atoms with E-state index in [1.165, 1.54) is 0 Å². The Morgan fingerprint density at radius 1 is 1.64 bits per heavy atom. The molecular formula is C7H15FN2O. The maximum atomic E-state index is 11.9. The molecular weight excluding hydrogens is 147 g/mol. The molecule has 3 nitrogen and oxygen atoms in total. The van der Waals surface area contributed by atoms with Gasteiger partial charge in [-0.05, 0) is 12.8 Å². The minimum atomic E-state index is -0.366. The molecule has 0 aliphatic carbocycles. The highest BCUT2D eigenvalue weighted by Gasteiger charge is 2.25. The fraction of sp³-hybridized carbons (Fsp3) is 1.00. The Labute approximate surface area is 66.0 Å². The van der Waals surface area contributed by atoms with E-state index in [9.17, 15) is 9.50 Å². The zero-order valence-corrected chi connectivity index (χ0v) is 6.54. The number of halogens is 1. The van der Waals surface area contributed by atoms with E-state index in [0.717, 1.165) is 0 Å². The molecule has 1 fully saturated rings. The van der Waals surface area contributed by atoms with E-state index in [2.05, 4.69) is 0 Å². The van der Waals surface area contributed by atoms with Gasteiger partial charge in [-0.3, -0.25) is 10.2 Å². The van der Waals surface area contributed by atoms with Crippen molar-refractivity contribution in [2.24, 2.45) is 11.8 Å². The minimum Gasteiger partial charge on any atom is -0.393 e. The lowest BCUT2D eigenvalue weighted by atomic mass is 9.93. The largest absolute Gasteiger partial charge is 0.393 e. The summed E-state index contributed by atoms with van der Waals surface area (Å²) < 4.78 is 11.9. The molecule has 2 atom stereocenters. The molecule has 11 heavy (non-hydrogen) atoms.